The number of thioether (sulfide) groups is 1. The minimum absolute atomic E-state index is 0.0834. The Labute approximate surface area is 163 Å². The van der Waals surface area contributed by atoms with Gasteiger partial charge in [-0.15, -0.1) is 10.2 Å². The summed E-state index contributed by atoms with van der Waals surface area (Å²) in [5.74, 6) is 0.725. The van der Waals surface area contributed by atoms with E-state index >= 15 is 0 Å². The molecule has 0 amide bonds. The molecule has 1 heterocycles. The summed E-state index contributed by atoms with van der Waals surface area (Å²) in [6.07, 6.45) is 0. The van der Waals surface area contributed by atoms with Crippen LogP contribution in [-0.4, -0.2) is 18.6 Å². The highest BCUT2D eigenvalue weighted by atomic mass is 35.5. The molecule has 1 aromatic heterocycles. The van der Waals surface area contributed by atoms with Crippen molar-refractivity contribution in [3.63, 3.8) is 0 Å². The maximum atomic E-state index is 12.4. The molecule has 2 aromatic carbocycles. The monoisotopic (exact) mass is 431 g/mol. The van der Waals surface area contributed by atoms with E-state index in [4.69, 9.17) is 23.2 Å². The van der Waals surface area contributed by atoms with E-state index in [0.29, 0.717) is 4.34 Å². The first-order valence-corrected chi connectivity index (χ1v) is 11.0. The molecule has 0 bridgehead atoms. The van der Waals surface area contributed by atoms with Gasteiger partial charge in [0.25, 0.3) is 10.0 Å². The van der Waals surface area contributed by atoms with Crippen LogP contribution in [0, 0.1) is 0 Å². The first kappa shape index (κ1) is 18.5. The van der Waals surface area contributed by atoms with Crippen LogP contribution in [0.1, 0.15) is 5.56 Å². The summed E-state index contributed by atoms with van der Waals surface area (Å²) >= 11 is 14.4. The van der Waals surface area contributed by atoms with Gasteiger partial charge in [-0.3, -0.25) is 4.72 Å². The number of hydrogen-bond acceptors (Lipinski definition) is 6. The van der Waals surface area contributed by atoms with Gasteiger partial charge >= 0.3 is 0 Å². The molecule has 25 heavy (non-hydrogen) atoms. The zero-order valence-corrected chi connectivity index (χ0v) is 16.5. The third kappa shape index (κ3) is 4.86. The Kier molecular flexibility index (Phi) is 5.85. The molecule has 0 aliphatic carbocycles. The van der Waals surface area contributed by atoms with Crippen LogP contribution < -0.4 is 4.72 Å². The van der Waals surface area contributed by atoms with Gasteiger partial charge in [-0.05, 0) is 23.8 Å². The summed E-state index contributed by atoms with van der Waals surface area (Å²) in [7, 11) is -3.89. The van der Waals surface area contributed by atoms with Crippen LogP contribution in [-0.2, 0) is 15.8 Å². The van der Waals surface area contributed by atoms with Gasteiger partial charge in [0.1, 0.15) is 4.90 Å². The average molecular weight is 432 g/mol. The van der Waals surface area contributed by atoms with Crippen LogP contribution in [0.15, 0.2) is 57.8 Å². The van der Waals surface area contributed by atoms with E-state index < -0.39 is 10.0 Å². The van der Waals surface area contributed by atoms with E-state index in [1.165, 1.54) is 30.0 Å². The van der Waals surface area contributed by atoms with E-state index in [1.54, 1.807) is 0 Å². The van der Waals surface area contributed by atoms with Crippen LogP contribution in [0.25, 0.3) is 0 Å². The molecule has 0 saturated heterocycles. The molecule has 5 nitrogen and oxygen atoms in total. The highest BCUT2D eigenvalue weighted by Crippen LogP contribution is 2.31. The summed E-state index contributed by atoms with van der Waals surface area (Å²) in [5, 5.41) is 8.40. The summed E-state index contributed by atoms with van der Waals surface area (Å²) in [4.78, 5) is -0.102. The fourth-order valence-corrected chi connectivity index (χ4v) is 5.58. The molecule has 1 N–H and O–H groups in total. The quantitative estimate of drug-likeness (QED) is 0.559. The number of hydrogen-bond donors (Lipinski definition) is 1. The number of aromatic nitrogens is 2. The minimum Gasteiger partial charge on any atom is -0.253 e. The standard InChI is InChI=1S/C15H11Cl2N3O2S3/c16-11-6-7-12(17)13(8-11)25(21,22)20-14-18-19-15(24-14)23-9-10-4-2-1-3-5-10/h1-8H,9H2,(H,18,20). The van der Waals surface area contributed by atoms with Gasteiger partial charge in [0.15, 0.2) is 4.34 Å². The average Bonchev–Trinajstić information content (AvgIpc) is 3.03. The molecule has 0 unspecified atom stereocenters. The normalized spacial score (nSPS) is 11.4. The zero-order chi connectivity index (χ0) is 17.9. The topological polar surface area (TPSA) is 72.0 Å². The van der Waals surface area contributed by atoms with E-state index in [2.05, 4.69) is 14.9 Å². The fraction of sp³-hybridized carbons (Fsp3) is 0.0667. The van der Waals surface area contributed by atoms with Crippen molar-refractivity contribution >= 4 is 61.5 Å². The van der Waals surface area contributed by atoms with Crippen molar-refractivity contribution in [2.45, 2.75) is 15.0 Å². The van der Waals surface area contributed by atoms with Gasteiger partial charge in [-0.2, -0.15) is 0 Å². The number of benzene rings is 2. The van der Waals surface area contributed by atoms with Crippen LogP contribution >= 0.6 is 46.3 Å². The molecule has 0 aliphatic rings. The molecular weight excluding hydrogens is 421 g/mol. The fourth-order valence-electron chi connectivity index (χ4n) is 1.88. The van der Waals surface area contributed by atoms with Crippen LogP contribution in [0.4, 0.5) is 5.13 Å². The molecule has 0 aliphatic heterocycles. The van der Waals surface area contributed by atoms with Crippen LogP contribution in [0.3, 0.4) is 0 Å². The van der Waals surface area contributed by atoms with E-state index in [-0.39, 0.29) is 20.1 Å². The highest BCUT2D eigenvalue weighted by molar-refractivity contribution is 8.00. The summed E-state index contributed by atoms with van der Waals surface area (Å²) in [6, 6.07) is 14.1. The molecular formula is C15H11Cl2N3O2S3. The zero-order valence-electron chi connectivity index (χ0n) is 12.5. The minimum atomic E-state index is -3.89. The maximum Gasteiger partial charge on any atom is 0.265 e. The van der Waals surface area contributed by atoms with Gasteiger partial charge in [0, 0.05) is 10.8 Å². The Bertz CT molecular complexity index is 979. The van der Waals surface area contributed by atoms with Crippen molar-refractivity contribution in [1.29, 1.82) is 0 Å². The van der Waals surface area contributed by atoms with Crippen LogP contribution in [0.2, 0.25) is 10.0 Å². The lowest BCUT2D eigenvalue weighted by Crippen LogP contribution is -2.13. The van der Waals surface area contributed by atoms with Gasteiger partial charge in [-0.25, -0.2) is 8.42 Å². The molecule has 0 atom stereocenters. The number of sulfonamides is 1. The van der Waals surface area contributed by atoms with Crippen molar-refractivity contribution in [1.82, 2.24) is 10.2 Å². The molecule has 0 spiro atoms. The van der Waals surface area contributed by atoms with Crippen molar-refractivity contribution in [2.75, 3.05) is 4.72 Å². The van der Waals surface area contributed by atoms with Crippen molar-refractivity contribution < 1.29 is 8.42 Å². The Morgan fingerprint density at radius 2 is 1.84 bits per heavy atom. The number of anilines is 1. The largest absolute Gasteiger partial charge is 0.265 e. The molecule has 0 fully saturated rings. The number of halogens is 2. The molecule has 0 saturated carbocycles. The molecule has 10 heteroatoms. The van der Waals surface area contributed by atoms with Crippen molar-refractivity contribution in [3.8, 4) is 0 Å². The lowest BCUT2D eigenvalue weighted by molar-refractivity contribution is 0.601. The lowest BCUT2D eigenvalue weighted by atomic mass is 10.2. The van der Waals surface area contributed by atoms with Gasteiger partial charge < -0.3 is 0 Å². The Hall–Kier alpha value is -1.32. The summed E-state index contributed by atoms with van der Waals surface area (Å²) in [5.41, 5.74) is 1.15. The first-order valence-electron chi connectivity index (χ1n) is 6.92. The van der Waals surface area contributed by atoms with Crippen molar-refractivity contribution in [3.05, 3.63) is 64.1 Å². The third-order valence-corrected chi connectivity index (χ3v) is 7.24. The summed E-state index contributed by atoms with van der Waals surface area (Å²) < 4.78 is 27.9. The Morgan fingerprint density at radius 3 is 2.60 bits per heavy atom. The third-order valence-electron chi connectivity index (χ3n) is 3.02. The van der Waals surface area contributed by atoms with Gasteiger partial charge in [0.05, 0.1) is 5.02 Å². The molecule has 0 radical (unpaired) electrons. The number of nitrogens with one attached hydrogen (secondary N) is 1. The van der Waals surface area contributed by atoms with Gasteiger partial charge in [0.2, 0.25) is 5.13 Å². The Balaban J connectivity index is 1.71. The second-order valence-electron chi connectivity index (χ2n) is 4.83. The predicted octanol–water partition coefficient (Wildman–Crippen LogP) is 4.94. The van der Waals surface area contributed by atoms with Gasteiger partial charge in [-0.1, -0.05) is 76.6 Å². The van der Waals surface area contributed by atoms with Crippen molar-refractivity contribution in [2.24, 2.45) is 0 Å². The van der Waals surface area contributed by atoms with E-state index in [9.17, 15) is 8.42 Å². The van der Waals surface area contributed by atoms with E-state index in [1.807, 2.05) is 30.3 Å². The lowest BCUT2D eigenvalue weighted by Gasteiger charge is -2.06. The van der Waals surface area contributed by atoms with E-state index in [0.717, 1.165) is 22.7 Å². The SMILES string of the molecule is O=S(=O)(Nc1nnc(SCc2ccccc2)s1)c1cc(Cl)ccc1Cl. The predicted molar refractivity (Wildman–Crippen MR) is 103 cm³/mol. The maximum absolute atomic E-state index is 12.4. The summed E-state index contributed by atoms with van der Waals surface area (Å²) in [6.45, 7) is 0. The van der Waals surface area contributed by atoms with Crippen LogP contribution in [0.5, 0.6) is 0 Å². The first-order chi connectivity index (χ1) is 11.9. The molecule has 130 valence electrons. The number of nitrogens with zero attached hydrogens (tertiary/aromatic N) is 2. The smallest absolute Gasteiger partial charge is 0.253 e. The molecule has 3 aromatic rings. The second-order valence-corrected chi connectivity index (χ2v) is 9.52. The highest BCUT2D eigenvalue weighted by Gasteiger charge is 2.20. The Morgan fingerprint density at radius 1 is 1.08 bits per heavy atom. The molecule has 3 rings (SSSR count). The number of rotatable bonds is 6. The second kappa shape index (κ2) is 7.92.